The van der Waals surface area contributed by atoms with Gasteiger partial charge in [0.1, 0.15) is 5.76 Å². The highest BCUT2D eigenvalue weighted by molar-refractivity contribution is 7.10. The molecule has 2 aromatic heterocycles. The highest BCUT2D eigenvalue weighted by Gasteiger charge is 2.36. The van der Waals surface area contributed by atoms with Crippen LogP contribution in [0.25, 0.3) is 0 Å². The first-order valence-electron chi connectivity index (χ1n) is 7.04. The Bertz CT molecular complexity index is 797. The van der Waals surface area contributed by atoms with Crippen LogP contribution in [0.4, 0.5) is 8.78 Å². The number of thiophene rings is 1. The molecule has 0 radical (unpaired) electrons. The second kappa shape index (κ2) is 6.54. The molecular weight excluding hydrogens is 336 g/mol. The van der Waals surface area contributed by atoms with E-state index in [0.29, 0.717) is 4.88 Å². The first-order valence-corrected chi connectivity index (χ1v) is 7.92. The third-order valence-corrected chi connectivity index (χ3v) is 4.57. The van der Waals surface area contributed by atoms with Gasteiger partial charge < -0.3 is 14.8 Å². The first-order chi connectivity index (χ1) is 11.5. The molecule has 3 rings (SSSR count). The fourth-order valence-electron chi connectivity index (χ4n) is 2.27. The maximum Gasteiger partial charge on any atom is 0.251 e. The molecule has 4 nitrogen and oxygen atoms in total. The zero-order valence-electron chi connectivity index (χ0n) is 12.3. The highest BCUT2D eigenvalue weighted by Crippen LogP contribution is 2.32. The Morgan fingerprint density at radius 1 is 1.21 bits per heavy atom. The highest BCUT2D eigenvalue weighted by atomic mass is 32.1. The van der Waals surface area contributed by atoms with Crippen LogP contribution < -0.4 is 5.32 Å². The summed E-state index contributed by atoms with van der Waals surface area (Å²) in [5.41, 5.74) is -1.59. The smallest absolute Gasteiger partial charge is 0.251 e. The first kappa shape index (κ1) is 16.4. The monoisotopic (exact) mass is 349 g/mol. The second-order valence-electron chi connectivity index (χ2n) is 5.13. The number of hydrogen-bond acceptors (Lipinski definition) is 4. The molecule has 2 N–H and O–H groups in total. The minimum atomic E-state index is -1.55. The fourth-order valence-corrected chi connectivity index (χ4v) is 3.10. The lowest BCUT2D eigenvalue weighted by molar-refractivity contribution is 0.0554. The van der Waals surface area contributed by atoms with E-state index in [-0.39, 0.29) is 17.9 Å². The summed E-state index contributed by atoms with van der Waals surface area (Å²) in [6, 6.07) is 9.57. The van der Waals surface area contributed by atoms with E-state index in [4.69, 9.17) is 4.42 Å². The minimum absolute atomic E-state index is 0.0399. The molecule has 3 aromatic rings. The molecule has 0 aliphatic rings. The normalized spacial score (nSPS) is 13.5. The van der Waals surface area contributed by atoms with Gasteiger partial charge in [0.2, 0.25) is 0 Å². The summed E-state index contributed by atoms with van der Waals surface area (Å²) in [5, 5.41) is 15.3. The second-order valence-corrected chi connectivity index (χ2v) is 6.07. The number of carbonyl (C=O) groups is 1. The molecule has 0 unspecified atom stereocenters. The van der Waals surface area contributed by atoms with E-state index in [1.807, 2.05) is 0 Å². The Balaban J connectivity index is 1.82. The number of carbonyl (C=O) groups excluding carboxylic acids is 1. The van der Waals surface area contributed by atoms with Crippen molar-refractivity contribution in [1.82, 2.24) is 5.32 Å². The molecule has 0 saturated heterocycles. The number of furan rings is 1. The zero-order chi connectivity index (χ0) is 17.2. The van der Waals surface area contributed by atoms with Gasteiger partial charge in [-0.3, -0.25) is 4.79 Å². The van der Waals surface area contributed by atoms with Crippen LogP contribution in [-0.4, -0.2) is 17.6 Å². The van der Waals surface area contributed by atoms with E-state index in [9.17, 15) is 18.7 Å². The molecule has 2 heterocycles. The van der Waals surface area contributed by atoms with Crippen LogP contribution in [0.15, 0.2) is 58.5 Å². The molecule has 0 fully saturated rings. The number of halogens is 2. The SMILES string of the molecule is O=C(NC[C@](O)(c1ccco1)c1cccs1)c1ccc(F)c(F)c1. The summed E-state index contributed by atoms with van der Waals surface area (Å²) in [7, 11) is 0. The van der Waals surface area contributed by atoms with Crippen LogP contribution in [0, 0.1) is 11.6 Å². The van der Waals surface area contributed by atoms with Crippen molar-refractivity contribution < 1.29 is 23.1 Å². The number of nitrogens with one attached hydrogen (secondary N) is 1. The van der Waals surface area contributed by atoms with Gasteiger partial charge in [-0.25, -0.2) is 8.78 Å². The molecule has 1 aromatic carbocycles. The molecule has 0 bridgehead atoms. The standard InChI is InChI=1S/C17H13F2NO3S/c18-12-6-5-11(9-13(12)19)16(21)20-10-17(22,14-3-1-7-23-14)15-4-2-8-24-15/h1-9,22H,10H2,(H,20,21)/t17-/m0/s1. The van der Waals surface area contributed by atoms with Crippen molar-refractivity contribution in [2.24, 2.45) is 0 Å². The molecule has 7 heteroatoms. The number of benzene rings is 1. The Morgan fingerprint density at radius 3 is 2.67 bits per heavy atom. The van der Waals surface area contributed by atoms with Crippen molar-refractivity contribution in [3.8, 4) is 0 Å². The van der Waals surface area contributed by atoms with Crippen molar-refractivity contribution in [2.75, 3.05) is 6.54 Å². The van der Waals surface area contributed by atoms with Gasteiger partial charge in [-0.2, -0.15) is 0 Å². The van der Waals surface area contributed by atoms with Gasteiger partial charge >= 0.3 is 0 Å². The van der Waals surface area contributed by atoms with Gasteiger partial charge in [-0.15, -0.1) is 11.3 Å². The van der Waals surface area contributed by atoms with Gasteiger partial charge in [0.15, 0.2) is 17.2 Å². The maximum atomic E-state index is 13.2. The van der Waals surface area contributed by atoms with E-state index >= 15 is 0 Å². The average Bonchev–Trinajstić information content (AvgIpc) is 3.28. The van der Waals surface area contributed by atoms with Crippen LogP contribution in [0.1, 0.15) is 21.0 Å². The predicted molar refractivity (Wildman–Crippen MR) is 84.7 cm³/mol. The van der Waals surface area contributed by atoms with E-state index < -0.39 is 23.1 Å². The van der Waals surface area contributed by atoms with Crippen molar-refractivity contribution in [2.45, 2.75) is 5.60 Å². The Morgan fingerprint density at radius 2 is 2.04 bits per heavy atom. The third kappa shape index (κ3) is 3.08. The van der Waals surface area contributed by atoms with Crippen molar-refractivity contribution in [3.63, 3.8) is 0 Å². The lowest BCUT2D eigenvalue weighted by atomic mass is 9.98. The molecule has 0 aliphatic heterocycles. The molecule has 0 spiro atoms. The molecule has 1 amide bonds. The van der Waals surface area contributed by atoms with Gasteiger partial charge in [0.05, 0.1) is 12.8 Å². The van der Waals surface area contributed by atoms with E-state index in [0.717, 1.165) is 12.1 Å². The lowest BCUT2D eigenvalue weighted by Crippen LogP contribution is -2.41. The topological polar surface area (TPSA) is 62.5 Å². The minimum Gasteiger partial charge on any atom is -0.466 e. The van der Waals surface area contributed by atoms with Gasteiger partial charge in [0.25, 0.3) is 5.91 Å². The number of amides is 1. The van der Waals surface area contributed by atoms with Crippen LogP contribution >= 0.6 is 11.3 Å². The molecule has 124 valence electrons. The molecule has 0 saturated carbocycles. The van der Waals surface area contributed by atoms with E-state index in [1.54, 1.807) is 29.6 Å². The van der Waals surface area contributed by atoms with Gasteiger partial charge in [0, 0.05) is 10.4 Å². The van der Waals surface area contributed by atoms with Crippen LogP contribution in [0.3, 0.4) is 0 Å². The summed E-state index contributed by atoms with van der Waals surface area (Å²) in [4.78, 5) is 12.7. The lowest BCUT2D eigenvalue weighted by Gasteiger charge is -2.25. The quantitative estimate of drug-likeness (QED) is 0.743. The third-order valence-electron chi connectivity index (χ3n) is 3.54. The predicted octanol–water partition coefficient (Wildman–Crippen LogP) is 3.29. The van der Waals surface area contributed by atoms with Crippen LogP contribution in [0.5, 0.6) is 0 Å². The largest absolute Gasteiger partial charge is 0.466 e. The summed E-state index contributed by atoms with van der Waals surface area (Å²) in [6.07, 6.45) is 1.42. The fraction of sp³-hybridized carbons (Fsp3) is 0.118. The molecular formula is C17H13F2NO3S. The zero-order valence-corrected chi connectivity index (χ0v) is 13.1. The van der Waals surface area contributed by atoms with Crippen molar-refractivity contribution in [3.05, 3.63) is 81.9 Å². The van der Waals surface area contributed by atoms with Crippen molar-refractivity contribution in [1.29, 1.82) is 0 Å². The van der Waals surface area contributed by atoms with Crippen LogP contribution in [0.2, 0.25) is 0 Å². The molecule has 0 aliphatic carbocycles. The maximum absolute atomic E-state index is 13.2. The number of aliphatic hydroxyl groups is 1. The number of rotatable bonds is 5. The van der Waals surface area contributed by atoms with Crippen molar-refractivity contribution >= 4 is 17.2 Å². The van der Waals surface area contributed by atoms with E-state index in [2.05, 4.69) is 5.32 Å². The van der Waals surface area contributed by atoms with Crippen LogP contribution in [-0.2, 0) is 5.60 Å². The summed E-state index contributed by atoms with van der Waals surface area (Å²) in [6.45, 7) is -0.182. The Hall–Kier alpha value is -2.51. The number of hydrogen-bond donors (Lipinski definition) is 2. The Labute approximate surface area is 140 Å². The van der Waals surface area contributed by atoms with E-state index in [1.165, 1.54) is 23.7 Å². The van der Waals surface area contributed by atoms with Gasteiger partial charge in [-0.1, -0.05) is 6.07 Å². The summed E-state index contributed by atoms with van der Waals surface area (Å²) < 4.78 is 31.5. The van der Waals surface area contributed by atoms with Gasteiger partial charge in [-0.05, 0) is 41.8 Å². The summed E-state index contributed by atoms with van der Waals surface area (Å²) in [5.74, 6) is -2.49. The molecule has 1 atom stereocenters. The summed E-state index contributed by atoms with van der Waals surface area (Å²) >= 11 is 1.31. The Kier molecular flexibility index (Phi) is 4.46. The molecule has 24 heavy (non-hydrogen) atoms. The average molecular weight is 349 g/mol.